The first-order valence-electron chi connectivity index (χ1n) is 8.43. The Morgan fingerprint density at radius 2 is 1.79 bits per heavy atom. The van der Waals surface area contributed by atoms with E-state index in [0.717, 1.165) is 31.7 Å². The Labute approximate surface area is 144 Å². The van der Waals surface area contributed by atoms with Gasteiger partial charge in [0.25, 0.3) is 0 Å². The van der Waals surface area contributed by atoms with Crippen molar-refractivity contribution in [2.45, 2.75) is 30.8 Å². The van der Waals surface area contributed by atoms with Crippen LogP contribution in [0.3, 0.4) is 0 Å². The lowest BCUT2D eigenvalue weighted by Gasteiger charge is -2.19. The largest absolute Gasteiger partial charge is 0.380 e. The molecule has 5 heteroatoms. The van der Waals surface area contributed by atoms with Crippen LogP contribution < -0.4 is 5.32 Å². The van der Waals surface area contributed by atoms with Crippen LogP contribution in [0.15, 0.2) is 59.5 Å². The Bertz CT molecular complexity index is 775. The molecule has 1 heterocycles. The monoisotopic (exact) mass is 344 g/mol. The number of rotatable bonds is 6. The average Bonchev–Trinajstić information content (AvgIpc) is 3.03. The summed E-state index contributed by atoms with van der Waals surface area (Å²) in [5.41, 5.74) is 2.04. The van der Waals surface area contributed by atoms with Crippen LogP contribution in [0.25, 0.3) is 0 Å². The standard InChI is InChI=1S/C19H24N2O2S/c1-2-24(22,23)19-11-7-6-10-18(19)20-17-12-13-21(15-17)14-16-8-4-3-5-9-16/h3-11,17,20H,2,12-15H2,1H3. The van der Waals surface area contributed by atoms with Gasteiger partial charge in [-0.25, -0.2) is 8.42 Å². The maximum Gasteiger partial charge on any atom is 0.180 e. The van der Waals surface area contributed by atoms with Crippen molar-refractivity contribution in [3.05, 3.63) is 60.2 Å². The lowest BCUT2D eigenvalue weighted by atomic mass is 10.2. The number of sulfone groups is 1. The molecular weight excluding hydrogens is 320 g/mol. The molecule has 0 radical (unpaired) electrons. The van der Waals surface area contributed by atoms with Crippen LogP contribution in [0, 0.1) is 0 Å². The minimum atomic E-state index is -3.21. The first-order chi connectivity index (χ1) is 11.6. The van der Waals surface area contributed by atoms with E-state index in [2.05, 4.69) is 34.5 Å². The van der Waals surface area contributed by atoms with Gasteiger partial charge in [0.05, 0.1) is 16.3 Å². The van der Waals surface area contributed by atoms with Gasteiger partial charge in [-0.05, 0) is 24.1 Å². The van der Waals surface area contributed by atoms with Gasteiger partial charge in [0, 0.05) is 25.7 Å². The van der Waals surface area contributed by atoms with Crippen molar-refractivity contribution in [2.75, 3.05) is 24.2 Å². The third-order valence-corrected chi connectivity index (χ3v) is 6.27. The van der Waals surface area contributed by atoms with Crippen LogP contribution in [0.1, 0.15) is 18.9 Å². The van der Waals surface area contributed by atoms with Gasteiger partial charge in [0.15, 0.2) is 9.84 Å². The zero-order valence-corrected chi connectivity index (χ0v) is 14.8. The van der Waals surface area contributed by atoms with E-state index in [9.17, 15) is 8.42 Å². The van der Waals surface area contributed by atoms with Gasteiger partial charge in [-0.2, -0.15) is 0 Å². The van der Waals surface area contributed by atoms with Crippen LogP contribution in [-0.2, 0) is 16.4 Å². The molecule has 1 unspecified atom stereocenters. The molecule has 4 nitrogen and oxygen atoms in total. The normalized spacial score (nSPS) is 18.6. The summed E-state index contributed by atoms with van der Waals surface area (Å²) >= 11 is 0. The van der Waals surface area contributed by atoms with E-state index in [-0.39, 0.29) is 11.8 Å². The van der Waals surface area contributed by atoms with Gasteiger partial charge in [-0.3, -0.25) is 4.90 Å². The summed E-state index contributed by atoms with van der Waals surface area (Å²) in [6, 6.07) is 17.9. The second-order valence-corrected chi connectivity index (χ2v) is 8.50. The molecule has 2 aromatic rings. The highest BCUT2D eigenvalue weighted by molar-refractivity contribution is 7.91. The van der Waals surface area contributed by atoms with Crippen LogP contribution >= 0.6 is 0 Å². The summed E-state index contributed by atoms with van der Waals surface area (Å²) in [5, 5.41) is 3.44. The van der Waals surface area contributed by atoms with Crippen LogP contribution in [0.5, 0.6) is 0 Å². The summed E-state index contributed by atoms with van der Waals surface area (Å²) in [7, 11) is -3.21. The molecule has 1 atom stereocenters. The molecule has 1 aliphatic rings. The molecule has 0 amide bonds. The molecular formula is C19H24N2O2S. The Kier molecular flexibility index (Phi) is 5.21. The summed E-state index contributed by atoms with van der Waals surface area (Å²) in [5.74, 6) is 0.122. The van der Waals surface area contributed by atoms with E-state index in [0.29, 0.717) is 4.90 Å². The molecule has 0 aliphatic carbocycles. The number of nitrogens with one attached hydrogen (secondary N) is 1. The zero-order chi connectivity index (χ0) is 17.0. The highest BCUT2D eigenvalue weighted by atomic mass is 32.2. The Balaban J connectivity index is 1.66. The molecule has 1 fully saturated rings. The minimum Gasteiger partial charge on any atom is -0.380 e. The van der Waals surface area contributed by atoms with Crippen molar-refractivity contribution in [1.29, 1.82) is 0 Å². The fraction of sp³-hybridized carbons (Fsp3) is 0.368. The second kappa shape index (κ2) is 7.36. The molecule has 24 heavy (non-hydrogen) atoms. The summed E-state index contributed by atoms with van der Waals surface area (Å²) < 4.78 is 24.5. The first kappa shape index (κ1) is 17.0. The quantitative estimate of drug-likeness (QED) is 0.874. The molecule has 0 aromatic heterocycles. The number of nitrogens with zero attached hydrogens (tertiary/aromatic N) is 1. The number of anilines is 1. The van der Waals surface area contributed by atoms with E-state index in [1.807, 2.05) is 18.2 Å². The van der Waals surface area contributed by atoms with Crippen molar-refractivity contribution in [3.63, 3.8) is 0 Å². The van der Waals surface area contributed by atoms with Crippen molar-refractivity contribution in [3.8, 4) is 0 Å². The molecule has 1 saturated heterocycles. The number of benzene rings is 2. The van der Waals surface area contributed by atoms with Crippen molar-refractivity contribution in [2.24, 2.45) is 0 Å². The van der Waals surface area contributed by atoms with Gasteiger partial charge in [-0.15, -0.1) is 0 Å². The summed E-state index contributed by atoms with van der Waals surface area (Å²) in [6.45, 7) is 4.57. The third-order valence-electron chi connectivity index (χ3n) is 4.48. The second-order valence-electron chi connectivity index (χ2n) is 6.25. The topological polar surface area (TPSA) is 49.4 Å². The number of hydrogen-bond acceptors (Lipinski definition) is 4. The van der Waals surface area contributed by atoms with Gasteiger partial charge >= 0.3 is 0 Å². The highest BCUT2D eigenvalue weighted by Crippen LogP contribution is 2.25. The summed E-state index contributed by atoms with van der Waals surface area (Å²) in [4.78, 5) is 2.82. The zero-order valence-electron chi connectivity index (χ0n) is 14.0. The van der Waals surface area contributed by atoms with Crippen LogP contribution in [0.2, 0.25) is 0 Å². The molecule has 128 valence electrons. The van der Waals surface area contributed by atoms with E-state index in [4.69, 9.17) is 0 Å². The Morgan fingerprint density at radius 3 is 2.54 bits per heavy atom. The lowest BCUT2D eigenvalue weighted by Crippen LogP contribution is -2.26. The molecule has 0 spiro atoms. The molecule has 1 N–H and O–H groups in total. The minimum absolute atomic E-state index is 0.122. The van der Waals surface area contributed by atoms with Gasteiger partial charge in [-0.1, -0.05) is 49.4 Å². The van der Waals surface area contributed by atoms with Crippen LogP contribution in [0.4, 0.5) is 5.69 Å². The maximum atomic E-state index is 12.3. The molecule has 2 aromatic carbocycles. The first-order valence-corrected chi connectivity index (χ1v) is 10.1. The van der Waals surface area contributed by atoms with Crippen molar-refractivity contribution < 1.29 is 8.42 Å². The number of likely N-dealkylation sites (tertiary alicyclic amines) is 1. The van der Waals surface area contributed by atoms with Gasteiger partial charge < -0.3 is 5.32 Å². The van der Waals surface area contributed by atoms with E-state index >= 15 is 0 Å². The average molecular weight is 344 g/mol. The number of hydrogen-bond donors (Lipinski definition) is 1. The van der Waals surface area contributed by atoms with Crippen molar-refractivity contribution >= 4 is 15.5 Å². The molecule has 0 saturated carbocycles. The fourth-order valence-electron chi connectivity index (χ4n) is 3.17. The molecule has 1 aliphatic heterocycles. The fourth-order valence-corrected chi connectivity index (χ4v) is 4.23. The van der Waals surface area contributed by atoms with E-state index in [1.165, 1.54) is 5.56 Å². The molecule has 0 bridgehead atoms. The number of para-hydroxylation sites is 1. The smallest absolute Gasteiger partial charge is 0.180 e. The Hall–Kier alpha value is -1.85. The summed E-state index contributed by atoms with van der Waals surface area (Å²) in [6.07, 6.45) is 1.02. The lowest BCUT2D eigenvalue weighted by molar-refractivity contribution is 0.328. The van der Waals surface area contributed by atoms with Crippen LogP contribution in [-0.4, -0.2) is 38.2 Å². The third kappa shape index (κ3) is 3.97. The Morgan fingerprint density at radius 1 is 1.08 bits per heavy atom. The maximum absolute atomic E-state index is 12.3. The van der Waals surface area contributed by atoms with Gasteiger partial charge in [0.1, 0.15) is 0 Å². The van der Waals surface area contributed by atoms with E-state index in [1.54, 1.807) is 19.1 Å². The SMILES string of the molecule is CCS(=O)(=O)c1ccccc1NC1CCN(Cc2ccccc2)C1. The molecule has 3 rings (SSSR count). The predicted molar refractivity (Wildman–Crippen MR) is 97.9 cm³/mol. The predicted octanol–water partition coefficient (Wildman–Crippen LogP) is 3.17. The highest BCUT2D eigenvalue weighted by Gasteiger charge is 2.24. The van der Waals surface area contributed by atoms with Crippen molar-refractivity contribution in [1.82, 2.24) is 4.90 Å². The van der Waals surface area contributed by atoms with Gasteiger partial charge in [0.2, 0.25) is 0 Å². The van der Waals surface area contributed by atoms with E-state index < -0.39 is 9.84 Å².